The van der Waals surface area contributed by atoms with Crippen molar-refractivity contribution in [2.24, 2.45) is 4.99 Å². The highest BCUT2D eigenvalue weighted by atomic mass is 32.2. The van der Waals surface area contributed by atoms with Crippen LogP contribution in [0.3, 0.4) is 0 Å². The Hall–Kier alpha value is -1.04. The minimum Gasteiger partial charge on any atom is -0.362 e. The van der Waals surface area contributed by atoms with Crippen LogP contribution in [0.25, 0.3) is 0 Å². The van der Waals surface area contributed by atoms with Crippen molar-refractivity contribution in [1.29, 1.82) is 0 Å². The van der Waals surface area contributed by atoms with Crippen LogP contribution in [0.5, 0.6) is 0 Å². The van der Waals surface area contributed by atoms with E-state index in [1.165, 1.54) is 7.05 Å². The molecule has 0 bridgehead atoms. The fraction of sp³-hybridized carbons (Fsp3) is 0.667. The number of likely N-dealkylation sites (N-methyl/N-ethyl adjacent to an activating group) is 1. The van der Waals surface area contributed by atoms with E-state index in [-0.39, 0.29) is 18.2 Å². The Balaban J connectivity index is 2.07. The molecule has 2 amide bonds. The molecule has 6 heteroatoms. The number of thioether (sulfide) groups is 1. The molecule has 2 heterocycles. The van der Waals surface area contributed by atoms with Crippen LogP contribution in [0.4, 0.5) is 0 Å². The summed E-state index contributed by atoms with van der Waals surface area (Å²) in [6.45, 7) is 2.06. The molecule has 0 aromatic rings. The van der Waals surface area contributed by atoms with E-state index in [0.29, 0.717) is 6.04 Å². The van der Waals surface area contributed by atoms with Gasteiger partial charge in [-0.05, 0) is 6.92 Å². The van der Waals surface area contributed by atoms with Gasteiger partial charge in [-0.1, -0.05) is 11.8 Å². The lowest BCUT2D eigenvalue weighted by atomic mass is 10.3. The molecular weight excluding hydrogens is 214 g/mol. The third-order valence-electron chi connectivity index (χ3n) is 2.47. The molecular formula is C9H13N3O2S. The van der Waals surface area contributed by atoms with E-state index in [2.05, 4.69) is 17.2 Å². The van der Waals surface area contributed by atoms with E-state index in [0.717, 1.165) is 15.8 Å². The molecule has 2 aliphatic rings. The first-order valence-corrected chi connectivity index (χ1v) is 5.84. The van der Waals surface area contributed by atoms with Crippen LogP contribution in [-0.2, 0) is 9.59 Å². The quantitative estimate of drug-likeness (QED) is 0.631. The molecule has 2 unspecified atom stereocenters. The van der Waals surface area contributed by atoms with Crippen LogP contribution in [0.2, 0.25) is 0 Å². The standard InChI is InChI=1S/C9H13N3O2S/c1-5-4-15-9(10-5)11-6-3-7(13)12(2)8(6)14/h5-6H,3-4H2,1-2H3,(H,10,11). The summed E-state index contributed by atoms with van der Waals surface area (Å²) in [6, 6.07) is -0.124. The van der Waals surface area contributed by atoms with E-state index in [1.54, 1.807) is 11.8 Å². The van der Waals surface area contributed by atoms with Crippen molar-refractivity contribution >= 4 is 28.7 Å². The fourth-order valence-corrected chi connectivity index (χ4v) is 2.53. The largest absolute Gasteiger partial charge is 0.362 e. The Morgan fingerprint density at radius 2 is 2.27 bits per heavy atom. The van der Waals surface area contributed by atoms with Crippen molar-refractivity contribution in [3.63, 3.8) is 0 Å². The van der Waals surface area contributed by atoms with Gasteiger partial charge in [0.2, 0.25) is 5.91 Å². The molecule has 0 spiro atoms. The number of nitrogens with one attached hydrogen (secondary N) is 1. The molecule has 1 N–H and O–H groups in total. The number of amidine groups is 1. The molecule has 15 heavy (non-hydrogen) atoms. The van der Waals surface area contributed by atoms with Crippen LogP contribution in [0, 0.1) is 0 Å². The summed E-state index contributed by atoms with van der Waals surface area (Å²) < 4.78 is 0. The first-order chi connectivity index (χ1) is 7.08. The first kappa shape index (κ1) is 10.5. The topological polar surface area (TPSA) is 61.8 Å². The summed E-state index contributed by atoms with van der Waals surface area (Å²) in [5, 5.41) is 3.94. The monoisotopic (exact) mass is 227 g/mol. The molecule has 0 aromatic carbocycles. The second kappa shape index (κ2) is 3.84. The van der Waals surface area contributed by atoms with Crippen molar-refractivity contribution in [3.05, 3.63) is 0 Å². The van der Waals surface area contributed by atoms with Gasteiger partial charge in [0.05, 0.1) is 6.42 Å². The van der Waals surface area contributed by atoms with Gasteiger partial charge in [0, 0.05) is 18.8 Å². The van der Waals surface area contributed by atoms with Gasteiger partial charge in [0.1, 0.15) is 6.04 Å². The summed E-state index contributed by atoms with van der Waals surface area (Å²) in [5.74, 6) is 0.614. The Labute approximate surface area is 92.3 Å². The van der Waals surface area contributed by atoms with Gasteiger partial charge in [-0.25, -0.2) is 4.99 Å². The van der Waals surface area contributed by atoms with E-state index < -0.39 is 6.04 Å². The van der Waals surface area contributed by atoms with E-state index in [9.17, 15) is 9.59 Å². The number of amides is 2. The van der Waals surface area contributed by atoms with Crippen LogP contribution < -0.4 is 5.32 Å². The number of hydrogen-bond donors (Lipinski definition) is 1. The number of carbonyl (C=O) groups is 2. The average Bonchev–Trinajstić information content (AvgIpc) is 2.68. The number of carbonyl (C=O) groups excluding carboxylic acids is 2. The summed E-state index contributed by atoms with van der Waals surface area (Å²) in [6.07, 6.45) is 0.204. The molecule has 5 nitrogen and oxygen atoms in total. The van der Waals surface area contributed by atoms with Crippen molar-refractivity contribution in [2.75, 3.05) is 12.8 Å². The SMILES string of the molecule is CC1CSC(=NC2CC(=O)N(C)C2=O)N1. The molecule has 0 aromatic heterocycles. The van der Waals surface area contributed by atoms with Crippen LogP contribution >= 0.6 is 11.8 Å². The van der Waals surface area contributed by atoms with E-state index >= 15 is 0 Å². The van der Waals surface area contributed by atoms with Crippen LogP contribution in [0.1, 0.15) is 13.3 Å². The third kappa shape index (κ3) is 1.99. The molecule has 2 aliphatic heterocycles. The number of rotatable bonds is 1. The fourth-order valence-electron chi connectivity index (χ4n) is 1.55. The van der Waals surface area contributed by atoms with Crippen LogP contribution in [0.15, 0.2) is 4.99 Å². The average molecular weight is 227 g/mol. The second-order valence-corrected chi connectivity index (χ2v) is 4.81. The summed E-state index contributed by atoms with van der Waals surface area (Å²) in [5.41, 5.74) is 0. The maximum atomic E-state index is 11.5. The number of hydrogen-bond acceptors (Lipinski definition) is 4. The number of likely N-dealkylation sites (tertiary alicyclic amines) is 1. The van der Waals surface area contributed by atoms with Gasteiger partial charge in [-0.15, -0.1) is 0 Å². The summed E-state index contributed by atoms with van der Waals surface area (Å²) in [4.78, 5) is 28.2. The minimum absolute atomic E-state index is 0.148. The van der Waals surface area contributed by atoms with Gasteiger partial charge < -0.3 is 5.32 Å². The second-order valence-electron chi connectivity index (χ2n) is 3.80. The summed E-state index contributed by atoms with van der Waals surface area (Å²) in [7, 11) is 1.50. The van der Waals surface area contributed by atoms with Crippen molar-refractivity contribution in [2.45, 2.75) is 25.4 Å². The predicted octanol–water partition coefficient (Wildman–Crippen LogP) is -0.175. The zero-order chi connectivity index (χ0) is 11.0. The number of nitrogens with zero attached hydrogens (tertiary/aromatic N) is 2. The number of aliphatic imine (C=N–C) groups is 1. The lowest BCUT2D eigenvalue weighted by Crippen LogP contribution is -2.29. The van der Waals surface area contributed by atoms with Gasteiger partial charge >= 0.3 is 0 Å². The van der Waals surface area contributed by atoms with Gasteiger partial charge in [0.15, 0.2) is 5.17 Å². The van der Waals surface area contributed by atoms with Crippen molar-refractivity contribution < 1.29 is 9.59 Å². The van der Waals surface area contributed by atoms with E-state index in [4.69, 9.17) is 0 Å². The predicted molar refractivity (Wildman–Crippen MR) is 58.7 cm³/mol. The van der Waals surface area contributed by atoms with Crippen molar-refractivity contribution in [3.8, 4) is 0 Å². The lowest BCUT2D eigenvalue weighted by Gasteiger charge is -2.06. The molecule has 2 atom stereocenters. The lowest BCUT2D eigenvalue weighted by molar-refractivity contribution is -0.136. The molecule has 82 valence electrons. The smallest absolute Gasteiger partial charge is 0.254 e. The normalized spacial score (nSPS) is 34.0. The molecule has 0 radical (unpaired) electrons. The zero-order valence-corrected chi connectivity index (χ0v) is 9.50. The highest BCUT2D eigenvalue weighted by Gasteiger charge is 2.36. The van der Waals surface area contributed by atoms with Crippen molar-refractivity contribution in [1.82, 2.24) is 10.2 Å². The highest BCUT2D eigenvalue weighted by molar-refractivity contribution is 8.14. The Morgan fingerprint density at radius 3 is 2.73 bits per heavy atom. The Bertz CT molecular complexity index is 342. The maximum Gasteiger partial charge on any atom is 0.254 e. The first-order valence-electron chi connectivity index (χ1n) is 4.85. The Morgan fingerprint density at radius 1 is 1.53 bits per heavy atom. The maximum absolute atomic E-state index is 11.5. The molecule has 0 saturated carbocycles. The van der Waals surface area contributed by atoms with Gasteiger partial charge in [0.25, 0.3) is 5.91 Å². The molecule has 0 aliphatic carbocycles. The number of imide groups is 1. The minimum atomic E-state index is -0.511. The molecule has 2 rings (SSSR count). The van der Waals surface area contributed by atoms with Gasteiger partial charge in [-0.2, -0.15) is 0 Å². The Kier molecular flexibility index (Phi) is 2.68. The summed E-state index contributed by atoms with van der Waals surface area (Å²) >= 11 is 1.60. The molecule has 2 saturated heterocycles. The molecule has 2 fully saturated rings. The zero-order valence-electron chi connectivity index (χ0n) is 8.69. The van der Waals surface area contributed by atoms with E-state index in [1.807, 2.05) is 0 Å². The third-order valence-corrected chi connectivity index (χ3v) is 3.63. The highest BCUT2D eigenvalue weighted by Crippen LogP contribution is 2.19. The van der Waals surface area contributed by atoms with Gasteiger partial charge in [-0.3, -0.25) is 14.5 Å². The van der Waals surface area contributed by atoms with Crippen LogP contribution in [-0.4, -0.2) is 46.8 Å².